The van der Waals surface area contributed by atoms with Crippen LogP contribution in [0.2, 0.25) is 0 Å². The Morgan fingerprint density at radius 2 is 2.38 bits per heavy atom. The summed E-state index contributed by atoms with van der Waals surface area (Å²) < 4.78 is 4.91. The molecule has 2 heteroatoms. The summed E-state index contributed by atoms with van der Waals surface area (Å²) in [7, 11) is 0. The molecule has 0 aromatic carbocycles. The molecule has 0 bridgehead atoms. The Labute approximate surface area is 49.1 Å². The molecule has 0 unspecified atom stereocenters. The Bertz CT molecular complexity index is 94.7. The van der Waals surface area contributed by atoms with Crippen molar-refractivity contribution in [1.29, 1.82) is 0 Å². The highest BCUT2D eigenvalue weighted by Crippen LogP contribution is 1.90. The summed E-state index contributed by atoms with van der Waals surface area (Å²) in [6, 6.07) is 0. The Morgan fingerprint density at radius 3 is 2.75 bits per heavy atom. The van der Waals surface area contributed by atoms with E-state index in [0.29, 0.717) is 18.7 Å². The maximum atomic E-state index is 9.73. The van der Waals surface area contributed by atoms with E-state index in [0.717, 1.165) is 0 Å². The number of ether oxygens (including phenoxy) is 1. The molecule has 0 amide bonds. The summed E-state index contributed by atoms with van der Waals surface area (Å²) in [6.07, 6.45) is 2.11. The molecule has 0 aromatic heterocycles. The third-order valence-electron chi connectivity index (χ3n) is 0.675. The van der Waals surface area contributed by atoms with Gasteiger partial charge in [0, 0.05) is 6.08 Å². The first-order valence-electron chi connectivity index (χ1n) is 2.56. The lowest BCUT2D eigenvalue weighted by atomic mass is 10.5. The summed E-state index contributed by atoms with van der Waals surface area (Å²) >= 11 is 0. The van der Waals surface area contributed by atoms with Crippen molar-refractivity contribution in [3.05, 3.63) is 11.8 Å². The van der Waals surface area contributed by atoms with Gasteiger partial charge in [0.25, 0.3) is 0 Å². The van der Waals surface area contributed by atoms with Crippen molar-refractivity contribution in [3.63, 3.8) is 0 Å². The number of hydrogen-bond acceptors (Lipinski definition) is 2. The second-order valence-corrected chi connectivity index (χ2v) is 1.35. The van der Waals surface area contributed by atoms with E-state index in [1.807, 2.05) is 6.92 Å². The van der Waals surface area contributed by atoms with Gasteiger partial charge in [-0.05, 0) is 13.8 Å². The lowest BCUT2D eigenvalue weighted by Crippen LogP contribution is -1.85. The van der Waals surface area contributed by atoms with E-state index in [2.05, 4.69) is 0 Å². The summed E-state index contributed by atoms with van der Waals surface area (Å²) in [5, 5.41) is 0. The predicted octanol–water partition coefficient (Wildman–Crippen LogP) is 1.13. The zero-order chi connectivity index (χ0) is 6.41. The summed E-state index contributed by atoms with van der Waals surface area (Å²) in [5.74, 6) is 0.669. The number of rotatable bonds is 3. The van der Waals surface area contributed by atoms with Crippen LogP contribution < -0.4 is 0 Å². The summed E-state index contributed by atoms with van der Waals surface area (Å²) in [4.78, 5) is 9.73. The van der Waals surface area contributed by atoms with E-state index >= 15 is 0 Å². The van der Waals surface area contributed by atoms with Gasteiger partial charge in [-0.25, -0.2) is 0 Å². The van der Waals surface area contributed by atoms with Crippen molar-refractivity contribution in [2.24, 2.45) is 0 Å². The molecule has 0 aliphatic rings. The first kappa shape index (κ1) is 7.21. The van der Waals surface area contributed by atoms with Crippen LogP contribution in [0.1, 0.15) is 13.8 Å². The molecular formula is C6H10O2. The van der Waals surface area contributed by atoms with Crippen LogP contribution in [0.25, 0.3) is 0 Å². The van der Waals surface area contributed by atoms with Crippen molar-refractivity contribution >= 4 is 6.29 Å². The molecule has 46 valence electrons. The zero-order valence-corrected chi connectivity index (χ0v) is 5.18. The molecule has 0 aliphatic heterocycles. The molecule has 0 radical (unpaired) electrons. The van der Waals surface area contributed by atoms with Crippen molar-refractivity contribution in [1.82, 2.24) is 0 Å². The fraction of sp³-hybridized carbons (Fsp3) is 0.500. The highest BCUT2D eigenvalue weighted by atomic mass is 16.5. The molecule has 0 heterocycles. The minimum atomic E-state index is 0.621. The second-order valence-electron chi connectivity index (χ2n) is 1.35. The number of carbonyl (C=O) groups excluding carboxylic acids is 1. The van der Waals surface area contributed by atoms with E-state index in [-0.39, 0.29) is 0 Å². The molecule has 2 nitrogen and oxygen atoms in total. The van der Waals surface area contributed by atoms with Crippen LogP contribution in [-0.2, 0) is 9.53 Å². The van der Waals surface area contributed by atoms with Gasteiger partial charge in [-0.15, -0.1) is 0 Å². The summed E-state index contributed by atoms with van der Waals surface area (Å²) in [5.41, 5.74) is 0. The van der Waals surface area contributed by atoms with Crippen LogP contribution >= 0.6 is 0 Å². The van der Waals surface area contributed by atoms with Gasteiger partial charge in [0.1, 0.15) is 6.29 Å². The standard InChI is InChI=1S/C6H10O2/c1-3-8-6(2)4-5-7/h4-5H,3H2,1-2H3. The molecule has 0 N–H and O–H groups in total. The fourth-order valence-corrected chi connectivity index (χ4v) is 0.372. The van der Waals surface area contributed by atoms with Gasteiger partial charge in [0.05, 0.1) is 12.4 Å². The quantitative estimate of drug-likeness (QED) is 0.312. The third kappa shape index (κ3) is 3.40. The van der Waals surface area contributed by atoms with Crippen molar-refractivity contribution in [3.8, 4) is 0 Å². The lowest BCUT2D eigenvalue weighted by molar-refractivity contribution is -0.104. The van der Waals surface area contributed by atoms with Gasteiger partial charge in [-0.2, -0.15) is 0 Å². The highest BCUT2D eigenvalue weighted by Gasteiger charge is 1.81. The van der Waals surface area contributed by atoms with Crippen LogP contribution in [0.3, 0.4) is 0 Å². The predicted molar refractivity (Wildman–Crippen MR) is 31.4 cm³/mol. The monoisotopic (exact) mass is 114 g/mol. The molecule has 0 atom stereocenters. The summed E-state index contributed by atoms with van der Waals surface area (Å²) in [6.45, 7) is 4.25. The average Bonchev–Trinajstić information content (AvgIpc) is 1.68. The molecule has 0 fully saturated rings. The van der Waals surface area contributed by atoms with Gasteiger partial charge in [0.2, 0.25) is 0 Å². The maximum absolute atomic E-state index is 9.73. The van der Waals surface area contributed by atoms with Crippen LogP contribution in [0.4, 0.5) is 0 Å². The third-order valence-corrected chi connectivity index (χ3v) is 0.675. The molecule has 8 heavy (non-hydrogen) atoms. The van der Waals surface area contributed by atoms with E-state index in [4.69, 9.17) is 4.74 Å². The molecule has 0 saturated heterocycles. The van der Waals surface area contributed by atoms with Gasteiger partial charge in [-0.1, -0.05) is 0 Å². The average molecular weight is 114 g/mol. The number of carbonyl (C=O) groups is 1. The van der Waals surface area contributed by atoms with E-state index in [1.54, 1.807) is 6.92 Å². The number of aldehydes is 1. The second kappa shape index (κ2) is 4.37. The first-order valence-corrected chi connectivity index (χ1v) is 2.56. The Morgan fingerprint density at radius 1 is 1.75 bits per heavy atom. The smallest absolute Gasteiger partial charge is 0.146 e. The van der Waals surface area contributed by atoms with E-state index in [9.17, 15) is 4.79 Å². The maximum Gasteiger partial charge on any atom is 0.146 e. The number of allylic oxidation sites excluding steroid dienone is 2. The topological polar surface area (TPSA) is 26.3 Å². The Kier molecular flexibility index (Phi) is 3.94. The molecule has 0 aliphatic carbocycles. The molecule has 0 aromatic rings. The van der Waals surface area contributed by atoms with E-state index in [1.165, 1.54) is 6.08 Å². The normalized spacial score (nSPS) is 11.0. The minimum absolute atomic E-state index is 0.621. The van der Waals surface area contributed by atoms with Crippen LogP contribution in [0.15, 0.2) is 11.8 Å². The zero-order valence-electron chi connectivity index (χ0n) is 5.18. The minimum Gasteiger partial charge on any atom is -0.498 e. The highest BCUT2D eigenvalue weighted by molar-refractivity contribution is 5.65. The largest absolute Gasteiger partial charge is 0.498 e. The Hall–Kier alpha value is -0.790. The number of hydrogen-bond donors (Lipinski definition) is 0. The van der Waals surface area contributed by atoms with Crippen LogP contribution in [-0.4, -0.2) is 12.9 Å². The van der Waals surface area contributed by atoms with Crippen molar-refractivity contribution in [2.75, 3.05) is 6.61 Å². The fourth-order valence-electron chi connectivity index (χ4n) is 0.372. The molecule has 0 rings (SSSR count). The van der Waals surface area contributed by atoms with Gasteiger partial charge < -0.3 is 4.74 Å². The Balaban J connectivity index is 3.44. The van der Waals surface area contributed by atoms with Crippen LogP contribution in [0, 0.1) is 0 Å². The lowest BCUT2D eigenvalue weighted by Gasteiger charge is -1.97. The molecule has 0 spiro atoms. The van der Waals surface area contributed by atoms with Gasteiger partial charge >= 0.3 is 0 Å². The van der Waals surface area contributed by atoms with Gasteiger partial charge in [0.15, 0.2) is 0 Å². The van der Waals surface area contributed by atoms with Crippen molar-refractivity contribution < 1.29 is 9.53 Å². The van der Waals surface area contributed by atoms with Crippen LogP contribution in [0.5, 0.6) is 0 Å². The molecule has 0 saturated carbocycles. The van der Waals surface area contributed by atoms with Gasteiger partial charge in [-0.3, -0.25) is 4.79 Å². The first-order chi connectivity index (χ1) is 3.81. The molecular weight excluding hydrogens is 104 g/mol. The SMILES string of the molecule is CCOC(C)=CC=O. The van der Waals surface area contributed by atoms with Crippen molar-refractivity contribution in [2.45, 2.75) is 13.8 Å². The van der Waals surface area contributed by atoms with E-state index < -0.39 is 0 Å².